The zero-order chi connectivity index (χ0) is 10.6. The minimum atomic E-state index is -0.539. The monoisotopic (exact) mass is 274 g/mol. The first-order chi connectivity index (χ1) is 6.65. The topological polar surface area (TPSA) is 34.1 Å². The third kappa shape index (κ3) is 2.93. The lowest BCUT2D eigenvalue weighted by Crippen LogP contribution is -2.17. The summed E-state index contributed by atoms with van der Waals surface area (Å²) in [5.74, 6) is -1.24. The molecule has 0 saturated heterocycles. The molecule has 4 heteroatoms. The van der Waals surface area contributed by atoms with E-state index in [0.29, 0.717) is 0 Å². The molecule has 0 N–H and O–H groups in total. The van der Waals surface area contributed by atoms with E-state index in [-0.39, 0.29) is 12.3 Å². The summed E-state index contributed by atoms with van der Waals surface area (Å²) in [6, 6.07) is 7.29. The van der Waals surface area contributed by atoms with Crippen molar-refractivity contribution in [3.8, 4) is 0 Å². The number of carbonyl (C=O) groups excluding carboxylic acids is 2. The predicted molar refractivity (Wildman–Crippen MR) is 58.6 cm³/mol. The van der Waals surface area contributed by atoms with Crippen molar-refractivity contribution < 1.29 is 9.59 Å². The van der Waals surface area contributed by atoms with Gasteiger partial charge in [-0.2, -0.15) is 0 Å². The average Bonchev–Trinajstić information content (AvgIpc) is 2.20. The third-order valence-corrected chi connectivity index (χ3v) is 2.76. The SMILES string of the molecule is O=C(CCl)C(=O)Cc1ccccc1Br. The van der Waals surface area contributed by atoms with Crippen LogP contribution in [0.4, 0.5) is 0 Å². The Labute approximate surface area is 95.4 Å². The molecule has 0 atom stereocenters. The maximum absolute atomic E-state index is 11.2. The molecule has 0 spiro atoms. The van der Waals surface area contributed by atoms with Gasteiger partial charge >= 0.3 is 0 Å². The molecule has 0 amide bonds. The van der Waals surface area contributed by atoms with Crippen LogP contribution in [0.25, 0.3) is 0 Å². The minimum Gasteiger partial charge on any atom is -0.290 e. The maximum atomic E-state index is 11.2. The first-order valence-electron chi connectivity index (χ1n) is 4.00. The summed E-state index contributed by atoms with van der Waals surface area (Å²) in [4.78, 5) is 22.2. The molecule has 14 heavy (non-hydrogen) atoms. The van der Waals surface area contributed by atoms with Crippen LogP contribution in [0.5, 0.6) is 0 Å². The third-order valence-electron chi connectivity index (χ3n) is 1.74. The Morgan fingerprint density at radius 2 is 1.86 bits per heavy atom. The Morgan fingerprint density at radius 1 is 1.21 bits per heavy atom. The van der Waals surface area contributed by atoms with Gasteiger partial charge < -0.3 is 0 Å². The van der Waals surface area contributed by atoms with Crippen LogP contribution in [-0.4, -0.2) is 17.4 Å². The van der Waals surface area contributed by atoms with Crippen molar-refractivity contribution in [2.75, 3.05) is 5.88 Å². The summed E-state index contributed by atoms with van der Waals surface area (Å²) in [5.41, 5.74) is 0.802. The number of hydrogen-bond donors (Lipinski definition) is 0. The van der Waals surface area contributed by atoms with Gasteiger partial charge in [-0.15, -0.1) is 11.6 Å². The number of benzene rings is 1. The molecule has 0 fully saturated rings. The van der Waals surface area contributed by atoms with Crippen LogP contribution in [0.1, 0.15) is 5.56 Å². The van der Waals surface area contributed by atoms with E-state index >= 15 is 0 Å². The van der Waals surface area contributed by atoms with Crippen molar-refractivity contribution in [2.45, 2.75) is 6.42 Å². The molecule has 0 aliphatic heterocycles. The van der Waals surface area contributed by atoms with Gasteiger partial charge in [0.15, 0.2) is 0 Å². The van der Waals surface area contributed by atoms with Gasteiger partial charge in [0.2, 0.25) is 11.6 Å². The molecule has 0 aliphatic carbocycles. The number of Topliss-reactive ketones (excluding diaryl/α,β-unsaturated/α-hetero) is 2. The van der Waals surface area contributed by atoms with E-state index in [9.17, 15) is 9.59 Å². The first kappa shape index (κ1) is 11.4. The fourth-order valence-corrected chi connectivity index (χ4v) is 1.56. The minimum absolute atomic E-state index is 0.104. The molecule has 1 aromatic rings. The van der Waals surface area contributed by atoms with E-state index in [2.05, 4.69) is 15.9 Å². The molecule has 0 saturated carbocycles. The molecular formula is C10H8BrClO2. The second-order valence-electron chi connectivity index (χ2n) is 2.75. The highest BCUT2D eigenvalue weighted by Crippen LogP contribution is 2.16. The second kappa shape index (κ2) is 5.27. The van der Waals surface area contributed by atoms with Gasteiger partial charge in [-0.05, 0) is 11.6 Å². The molecule has 0 unspecified atom stereocenters. The van der Waals surface area contributed by atoms with Crippen molar-refractivity contribution in [3.63, 3.8) is 0 Å². The van der Waals surface area contributed by atoms with E-state index in [1.807, 2.05) is 18.2 Å². The highest BCUT2D eigenvalue weighted by molar-refractivity contribution is 9.10. The number of ketones is 2. The van der Waals surface area contributed by atoms with Crippen LogP contribution in [-0.2, 0) is 16.0 Å². The van der Waals surface area contributed by atoms with Gasteiger partial charge in [-0.25, -0.2) is 0 Å². The number of halogens is 2. The fraction of sp³-hybridized carbons (Fsp3) is 0.200. The Hall–Kier alpha value is -0.670. The van der Waals surface area contributed by atoms with E-state index in [1.54, 1.807) is 6.07 Å². The van der Waals surface area contributed by atoms with Crippen molar-refractivity contribution in [3.05, 3.63) is 34.3 Å². The van der Waals surface area contributed by atoms with E-state index in [4.69, 9.17) is 11.6 Å². The summed E-state index contributed by atoms with van der Waals surface area (Å²) in [7, 11) is 0. The Balaban J connectivity index is 2.75. The van der Waals surface area contributed by atoms with Crippen molar-refractivity contribution in [1.82, 2.24) is 0 Å². The summed E-state index contributed by atoms with van der Waals surface area (Å²) < 4.78 is 0.829. The van der Waals surface area contributed by atoms with Crippen molar-refractivity contribution in [2.24, 2.45) is 0 Å². The van der Waals surface area contributed by atoms with E-state index < -0.39 is 11.6 Å². The van der Waals surface area contributed by atoms with E-state index in [1.165, 1.54) is 0 Å². The lowest BCUT2D eigenvalue weighted by Gasteiger charge is -2.01. The van der Waals surface area contributed by atoms with Gasteiger partial charge in [0.25, 0.3) is 0 Å². The Kier molecular flexibility index (Phi) is 4.29. The Morgan fingerprint density at radius 3 is 2.43 bits per heavy atom. The highest BCUT2D eigenvalue weighted by Gasteiger charge is 2.13. The lowest BCUT2D eigenvalue weighted by molar-refractivity contribution is -0.134. The predicted octanol–water partition coefficient (Wildman–Crippen LogP) is 2.37. The molecule has 1 aromatic carbocycles. The van der Waals surface area contributed by atoms with E-state index in [0.717, 1.165) is 10.0 Å². The van der Waals surface area contributed by atoms with Gasteiger partial charge in [0.1, 0.15) is 0 Å². The smallest absolute Gasteiger partial charge is 0.213 e. The summed E-state index contributed by atoms with van der Waals surface area (Å²) in [5, 5.41) is 0. The lowest BCUT2D eigenvalue weighted by atomic mass is 10.1. The van der Waals surface area contributed by atoms with Crippen LogP contribution in [0.3, 0.4) is 0 Å². The molecule has 74 valence electrons. The molecular weight excluding hydrogens is 267 g/mol. The van der Waals surface area contributed by atoms with Crippen LogP contribution in [0.2, 0.25) is 0 Å². The number of carbonyl (C=O) groups is 2. The summed E-state index contributed by atoms with van der Waals surface area (Å²) >= 11 is 8.57. The summed E-state index contributed by atoms with van der Waals surface area (Å²) in [6.45, 7) is 0. The first-order valence-corrected chi connectivity index (χ1v) is 5.33. The Bertz CT molecular complexity index is 363. The van der Waals surface area contributed by atoms with Gasteiger partial charge in [-0.1, -0.05) is 34.1 Å². The number of rotatable bonds is 4. The van der Waals surface area contributed by atoms with Crippen LogP contribution >= 0.6 is 27.5 Å². The quantitative estimate of drug-likeness (QED) is 0.624. The zero-order valence-electron chi connectivity index (χ0n) is 7.30. The molecule has 0 bridgehead atoms. The van der Waals surface area contributed by atoms with Crippen LogP contribution < -0.4 is 0 Å². The largest absolute Gasteiger partial charge is 0.290 e. The molecule has 0 radical (unpaired) electrons. The molecule has 0 aliphatic rings. The molecule has 0 heterocycles. The fourth-order valence-electron chi connectivity index (χ4n) is 0.988. The van der Waals surface area contributed by atoms with Crippen molar-refractivity contribution >= 4 is 39.1 Å². The molecule has 0 aromatic heterocycles. The van der Waals surface area contributed by atoms with Gasteiger partial charge in [0.05, 0.1) is 5.88 Å². The zero-order valence-corrected chi connectivity index (χ0v) is 9.64. The summed E-state index contributed by atoms with van der Waals surface area (Å²) in [6.07, 6.45) is 0.104. The van der Waals surface area contributed by atoms with Gasteiger partial charge in [0, 0.05) is 10.9 Å². The number of hydrogen-bond acceptors (Lipinski definition) is 2. The maximum Gasteiger partial charge on any atom is 0.213 e. The van der Waals surface area contributed by atoms with Crippen LogP contribution in [0.15, 0.2) is 28.7 Å². The average molecular weight is 276 g/mol. The van der Waals surface area contributed by atoms with Crippen molar-refractivity contribution in [1.29, 1.82) is 0 Å². The normalized spacial score (nSPS) is 9.86. The second-order valence-corrected chi connectivity index (χ2v) is 3.87. The highest BCUT2D eigenvalue weighted by atomic mass is 79.9. The van der Waals surface area contributed by atoms with Gasteiger partial charge in [-0.3, -0.25) is 9.59 Å². The molecule has 1 rings (SSSR count). The standard InChI is InChI=1S/C10H8BrClO2/c11-8-4-2-1-3-7(8)5-9(13)10(14)6-12/h1-4H,5-6H2. The van der Waals surface area contributed by atoms with Crippen LogP contribution in [0, 0.1) is 0 Å². The number of alkyl halides is 1. The molecule has 2 nitrogen and oxygen atoms in total.